The van der Waals surface area contributed by atoms with Gasteiger partial charge in [0.25, 0.3) is 5.91 Å². The molecule has 0 saturated carbocycles. The van der Waals surface area contributed by atoms with E-state index in [0.29, 0.717) is 5.02 Å². The van der Waals surface area contributed by atoms with Gasteiger partial charge in [0, 0.05) is 21.0 Å². The number of imide groups is 1. The minimum absolute atomic E-state index is 0.349. The lowest BCUT2D eigenvalue weighted by Crippen LogP contribution is -2.42. The van der Waals surface area contributed by atoms with Crippen molar-refractivity contribution < 1.29 is 9.59 Å². The lowest BCUT2D eigenvalue weighted by molar-refractivity contribution is -0.122. The number of carbonyl (C=O) groups excluding carboxylic acids is 2. The molecule has 4 rings (SSSR count). The summed E-state index contributed by atoms with van der Waals surface area (Å²) in [5.74, 6) is -0.349. The van der Waals surface area contributed by atoms with Gasteiger partial charge in [0.2, 0.25) is 0 Å². The first-order chi connectivity index (χ1) is 9.13. The Labute approximate surface area is 117 Å². The molecular weight excluding hydrogens is 284 g/mol. The van der Waals surface area contributed by atoms with E-state index in [9.17, 15) is 9.59 Å². The van der Waals surface area contributed by atoms with Gasteiger partial charge in [0.1, 0.15) is 0 Å². The van der Waals surface area contributed by atoms with Crippen LogP contribution in [0.3, 0.4) is 0 Å². The molecule has 1 aliphatic heterocycles. The van der Waals surface area contributed by atoms with Crippen molar-refractivity contribution in [3.8, 4) is 10.4 Å². The summed E-state index contributed by atoms with van der Waals surface area (Å²) in [7, 11) is 0. The second-order valence-corrected chi connectivity index (χ2v) is 5.86. The Hall–Kier alpha value is -1.85. The molecule has 94 valence electrons. The maximum Gasteiger partial charge on any atom is 0.322 e. The molecule has 2 aromatic rings. The van der Waals surface area contributed by atoms with Crippen LogP contribution in [0.5, 0.6) is 0 Å². The molecule has 3 amide bonds. The largest absolute Gasteiger partial charge is 0.322 e. The zero-order chi connectivity index (χ0) is 13.2. The van der Waals surface area contributed by atoms with Gasteiger partial charge >= 0.3 is 6.03 Å². The van der Waals surface area contributed by atoms with E-state index in [4.69, 9.17) is 11.6 Å². The Bertz CT molecular complexity index is 755. The van der Waals surface area contributed by atoms with E-state index >= 15 is 0 Å². The van der Waals surface area contributed by atoms with Crippen molar-refractivity contribution in [2.75, 3.05) is 0 Å². The third-order valence-electron chi connectivity index (χ3n) is 3.57. The highest BCUT2D eigenvalue weighted by Gasteiger charge is 2.55. The SMILES string of the molecule is O=C1NC(=O)C2(N1)c1cc(Cl)ccc1-c1sccc12. The highest BCUT2D eigenvalue weighted by molar-refractivity contribution is 7.14. The zero-order valence-electron chi connectivity index (χ0n) is 9.49. The van der Waals surface area contributed by atoms with Crippen LogP contribution in [0.15, 0.2) is 29.6 Å². The number of rotatable bonds is 0. The number of urea groups is 1. The van der Waals surface area contributed by atoms with Crippen molar-refractivity contribution in [2.24, 2.45) is 0 Å². The first-order valence-corrected chi connectivity index (χ1v) is 6.90. The molecule has 1 unspecified atom stereocenters. The third kappa shape index (κ3) is 1.19. The van der Waals surface area contributed by atoms with Gasteiger partial charge in [0.15, 0.2) is 5.54 Å². The van der Waals surface area contributed by atoms with Crippen LogP contribution in [0.25, 0.3) is 10.4 Å². The first-order valence-electron chi connectivity index (χ1n) is 5.65. The summed E-state index contributed by atoms with van der Waals surface area (Å²) in [5, 5.41) is 7.53. The third-order valence-corrected chi connectivity index (χ3v) is 4.75. The van der Waals surface area contributed by atoms with E-state index in [2.05, 4.69) is 10.6 Å². The van der Waals surface area contributed by atoms with Gasteiger partial charge in [-0.25, -0.2) is 4.79 Å². The number of nitrogens with one attached hydrogen (secondary N) is 2. The molecule has 0 bridgehead atoms. The van der Waals surface area contributed by atoms with Gasteiger partial charge < -0.3 is 5.32 Å². The van der Waals surface area contributed by atoms with Gasteiger partial charge in [-0.05, 0) is 29.1 Å². The van der Waals surface area contributed by atoms with E-state index in [1.165, 1.54) is 0 Å². The van der Waals surface area contributed by atoms with Crippen molar-refractivity contribution >= 4 is 34.9 Å². The van der Waals surface area contributed by atoms with Crippen LogP contribution in [0.4, 0.5) is 4.79 Å². The summed E-state index contributed by atoms with van der Waals surface area (Å²) in [6, 6.07) is 6.82. The number of hydrogen-bond donors (Lipinski definition) is 2. The predicted molar refractivity (Wildman–Crippen MR) is 72.2 cm³/mol. The Morgan fingerprint density at radius 2 is 2.00 bits per heavy atom. The van der Waals surface area contributed by atoms with Gasteiger partial charge in [-0.3, -0.25) is 10.1 Å². The number of hydrogen-bond acceptors (Lipinski definition) is 3. The van der Waals surface area contributed by atoms with Crippen LogP contribution in [0.1, 0.15) is 11.1 Å². The molecule has 2 aliphatic rings. The van der Waals surface area contributed by atoms with E-state index in [0.717, 1.165) is 21.6 Å². The molecule has 0 radical (unpaired) electrons. The highest BCUT2D eigenvalue weighted by atomic mass is 35.5. The quantitative estimate of drug-likeness (QED) is 0.732. The average Bonchev–Trinajstić information content (AvgIpc) is 2.99. The Balaban J connectivity index is 2.11. The maximum atomic E-state index is 12.3. The van der Waals surface area contributed by atoms with E-state index in [-0.39, 0.29) is 5.91 Å². The van der Waals surface area contributed by atoms with Crippen LogP contribution in [-0.4, -0.2) is 11.9 Å². The number of amides is 3. The fourth-order valence-corrected chi connectivity index (χ4v) is 3.98. The molecule has 4 nitrogen and oxygen atoms in total. The summed E-state index contributed by atoms with van der Waals surface area (Å²) in [5.41, 5.74) is 1.39. The molecule has 19 heavy (non-hydrogen) atoms. The minimum atomic E-state index is -1.12. The van der Waals surface area contributed by atoms with E-state index in [1.54, 1.807) is 23.5 Å². The van der Waals surface area contributed by atoms with Crippen LogP contribution in [0, 0.1) is 0 Å². The van der Waals surface area contributed by atoms with Crippen molar-refractivity contribution in [2.45, 2.75) is 5.54 Å². The van der Waals surface area contributed by atoms with Crippen molar-refractivity contribution in [3.63, 3.8) is 0 Å². The summed E-state index contributed by atoms with van der Waals surface area (Å²) in [6.07, 6.45) is 0. The molecule has 1 aromatic heterocycles. The van der Waals surface area contributed by atoms with Crippen LogP contribution >= 0.6 is 22.9 Å². The summed E-state index contributed by atoms with van der Waals surface area (Å²) in [6.45, 7) is 0. The minimum Gasteiger partial charge on any atom is -0.316 e. The van der Waals surface area contributed by atoms with Gasteiger partial charge in [0.05, 0.1) is 0 Å². The smallest absolute Gasteiger partial charge is 0.316 e. The van der Waals surface area contributed by atoms with Crippen molar-refractivity contribution in [1.29, 1.82) is 0 Å². The summed E-state index contributed by atoms with van der Waals surface area (Å²) in [4.78, 5) is 24.9. The molecule has 2 heterocycles. The first kappa shape index (κ1) is 11.0. The fraction of sp³-hybridized carbons (Fsp3) is 0.0769. The van der Waals surface area contributed by atoms with Gasteiger partial charge in [-0.1, -0.05) is 17.7 Å². The predicted octanol–water partition coefficient (Wildman–Crippen LogP) is 2.46. The van der Waals surface area contributed by atoms with Crippen molar-refractivity contribution in [1.82, 2.24) is 10.6 Å². The number of fused-ring (bicyclic) bond motifs is 5. The zero-order valence-corrected chi connectivity index (χ0v) is 11.1. The summed E-state index contributed by atoms with van der Waals surface area (Å²) >= 11 is 7.59. The second kappa shape index (κ2) is 3.37. The molecule has 1 atom stereocenters. The molecular formula is C13H7ClN2O2S. The monoisotopic (exact) mass is 290 g/mol. The summed E-state index contributed by atoms with van der Waals surface area (Å²) < 4.78 is 0. The molecule has 1 fully saturated rings. The molecule has 1 aliphatic carbocycles. The Kier molecular flexibility index (Phi) is 1.96. The number of benzene rings is 1. The standard InChI is InChI=1S/C13H7ClN2O2S/c14-6-1-2-7-9(5-6)13(8-3-4-19-10(7)8)11(17)15-12(18)16-13/h1-5H,(H2,15,16,17,18). The van der Waals surface area contributed by atoms with Gasteiger partial charge in [-0.15, -0.1) is 11.3 Å². The van der Waals surface area contributed by atoms with Crippen LogP contribution in [-0.2, 0) is 10.3 Å². The second-order valence-electron chi connectivity index (χ2n) is 4.51. The lowest BCUT2D eigenvalue weighted by Gasteiger charge is -2.22. The molecule has 1 aromatic carbocycles. The number of carbonyl (C=O) groups is 2. The normalized spacial score (nSPS) is 23.2. The Morgan fingerprint density at radius 3 is 2.74 bits per heavy atom. The van der Waals surface area contributed by atoms with Gasteiger partial charge in [-0.2, -0.15) is 0 Å². The lowest BCUT2D eigenvalue weighted by atomic mass is 9.88. The van der Waals surface area contributed by atoms with Crippen molar-refractivity contribution in [3.05, 3.63) is 45.8 Å². The number of thiophene rings is 1. The van der Waals surface area contributed by atoms with Crippen LogP contribution < -0.4 is 10.6 Å². The molecule has 1 spiro atoms. The maximum absolute atomic E-state index is 12.3. The van der Waals surface area contributed by atoms with Crippen LogP contribution in [0.2, 0.25) is 5.02 Å². The fourth-order valence-electron chi connectivity index (χ4n) is 2.82. The van der Waals surface area contributed by atoms with E-state index < -0.39 is 11.6 Å². The highest BCUT2D eigenvalue weighted by Crippen LogP contribution is 2.51. The molecule has 6 heteroatoms. The molecule has 2 N–H and O–H groups in total. The topological polar surface area (TPSA) is 58.2 Å². The molecule has 1 saturated heterocycles. The number of halogens is 1. The van der Waals surface area contributed by atoms with E-state index in [1.807, 2.05) is 17.5 Å². The Morgan fingerprint density at radius 1 is 1.16 bits per heavy atom. The average molecular weight is 291 g/mol.